The number of hydrogen-bond acceptors (Lipinski definition) is 5. The van der Waals surface area contributed by atoms with Gasteiger partial charge in [0.15, 0.2) is 0 Å². The monoisotopic (exact) mass is 451 g/mol. The van der Waals surface area contributed by atoms with Gasteiger partial charge in [0.1, 0.15) is 12.2 Å². The summed E-state index contributed by atoms with van der Waals surface area (Å²) >= 11 is 6.13. The van der Waals surface area contributed by atoms with Crippen molar-refractivity contribution >= 4 is 31.6 Å². The van der Waals surface area contributed by atoms with E-state index >= 15 is 0 Å². The molecule has 0 aliphatic carbocycles. The summed E-state index contributed by atoms with van der Waals surface area (Å²) in [6, 6.07) is 18.1. The van der Waals surface area contributed by atoms with Gasteiger partial charge >= 0.3 is 19.8 Å². The van der Waals surface area contributed by atoms with Crippen molar-refractivity contribution in [3.8, 4) is 0 Å². The highest BCUT2D eigenvalue weighted by atomic mass is 35.5. The van der Waals surface area contributed by atoms with Crippen molar-refractivity contribution in [2.75, 3.05) is 13.1 Å². The summed E-state index contributed by atoms with van der Waals surface area (Å²) < 4.78 is 24.1. The van der Waals surface area contributed by atoms with Crippen molar-refractivity contribution in [1.82, 2.24) is 19.5 Å². The molecule has 0 saturated carbocycles. The first-order valence-electron chi connectivity index (χ1n) is 9.04. The fraction of sp³-hybridized carbons (Fsp3) is 0.222. The average Bonchev–Trinajstić information content (AvgIpc) is 3.31. The zero-order valence-electron chi connectivity index (χ0n) is 15.6. The number of carbonyl (C=O) groups is 2. The molecule has 0 bridgehead atoms. The molecule has 12 heteroatoms. The number of benzene rings is 2. The van der Waals surface area contributed by atoms with E-state index in [1.165, 1.54) is 0 Å². The first-order valence-corrected chi connectivity index (χ1v) is 11.1. The van der Waals surface area contributed by atoms with Gasteiger partial charge in [-0.25, -0.2) is 19.6 Å². The van der Waals surface area contributed by atoms with Crippen LogP contribution in [0.2, 0.25) is 0 Å². The Kier molecular flexibility index (Phi) is 5.68. The van der Waals surface area contributed by atoms with Gasteiger partial charge in [-0.2, -0.15) is 0 Å². The summed E-state index contributed by atoms with van der Waals surface area (Å²) in [7, 11) is -4.09. The molecule has 3 atom stereocenters. The van der Waals surface area contributed by atoms with Crippen LogP contribution in [-0.4, -0.2) is 39.6 Å². The van der Waals surface area contributed by atoms with E-state index in [9.17, 15) is 14.2 Å². The van der Waals surface area contributed by atoms with Crippen molar-refractivity contribution in [3.63, 3.8) is 0 Å². The lowest BCUT2D eigenvalue weighted by Gasteiger charge is -2.29. The zero-order valence-corrected chi connectivity index (χ0v) is 17.3. The Morgan fingerprint density at radius 2 is 1.43 bits per heavy atom. The predicted molar refractivity (Wildman–Crippen MR) is 107 cm³/mol. The summed E-state index contributed by atoms with van der Waals surface area (Å²) in [5.74, 6) is 0. The van der Waals surface area contributed by atoms with Crippen LogP contribution in [0.1, 0.15) is 23.3 Å². The second kappa shape index (κ2) is 8.25. The largest absolute Gasteiger partial charge is 0.438 e. The lowest BCUT2D eigenvalue weighted by molar-refractivity contribution is 0.117. The van der Waals surface area contributed by atoms with E-state index < -0.39 is 32.0 Å². The number of nitrogens with one attached hydrogen (secondary N) is 1. The molecule has 3 unspecified atom stereocenters. The van der Waals surface area contributed by atoms with Crippen molar-refractivity contribution in [3.05, 3.63) is 71.8 Å². The van der Waals surface area contributed by atoms with E-state index in [-0.39, 0.29) is 13.1 Å². The third-order valence-electron chi connectivity index (χ3n) is 4.66. The van der Waals surface area contributed by atoms with Crippen molar-refractivity contribution in [2.24, 2.45) is 5.50 Å². The number of nitrogens with zero attached hydrogens (tertiary/aromatic N) is 3. The minimum absolute atomic E-state index is 0.00625. The maximum atomic E-state index is 13.0. The summed E-state index contributed by atoms with van der Waals surface area (Å²) in [6.07, 6.45) is -2.73. The highest BCUT2D eigenvalue weighted by Gasteiger charge is 2.44. The van der Waals surface area contributed by atoms with Crippen LogP contribution < -0.4 is 10.7 Å². The van der Waals surface area contributed by atoms with Gasteiger partial charge in [0.05, 0.1) is 13.1 Å². The van der Waals surface area contributed by atoms with Crippen LogP contribution in [0.15, 0.2) is 60.7 Å². The maximum absolute atomic E-state index is 13.0. The second-order valence-corrected chi connectivity index (χ2v) is 9.10. The molecule has 0 radical (unpaired) electrons. The van der Waals surface area contributed by atoms with Crippen molar-refractivity contribution in [2.45, 2.75) is 12.2 Å². The lowest BCUT2D eigenvalue weighted by Crippen LogP contribution is -2.46. The predicted octanol–water partition coefficient (Wildman–Crippen LogP) is 3.32. The summed E-state index contributed by atoms with van der Waals surface area (Å²) in [6.45, 7) is 0.0676. The average molecular weight is 452 g/mol. The molecule has 2 heterocycles. The minimum Gasteiger partial charge on any atom is -0.438 e. The van der Waals surface area contributed by atoms with E-state index in [4.69, 9.17) is 26.8 Å². The van der Waals surface area contributed by atoms with Crippen LogP contribution in [0, 0.1) is 0 Å². The lowest BCUT2D eigenvalue weighted by atomic mass is 10.1. The number of hydrazine groups is 2. The molecule has 4 rings (SSSR count). The SMILES string of the molecule is NP(=O)(NN1CC(c2ccccc2)OC1=O)N(Cl)N1CC(c2ccccc2)OC1=O. The zero-order chi connectivity index (χ0) is 21.3. The van der Waals surface area contributed by atoms with Gasteiger partial charge in [-0.1, -0.05) is 60.7 Å². The van der Waals surface area contributed by atoms with Crippen LogP contribution in [0.4, 0.5) is 9.59 Å². The van der Waals surface area contributed by atoms with Gasteiger partial charge < -0.3 is 9.47 Å². The van der Waals surface area contributed by atoms with E-state index in [1.54, 1.807) is 24.3 Å². The summed E-state index contributed by atoms with van der Waals surface area (Å²) in [5.41, 5.74) is 7.39. The van der Waals surface area contributed by atoms with Crippen molar-refractivity contribution < 1.29 is 23.6 Å². The Hall–Kier alpha value is -2.62. The highest BCUT2D eigenvalue weighted by molar-refractivity contribution is 7.58. The number of nitrogens with two attached hydrogens (primary N) is 1. The fourth-order valence-electron chi connectivity index (χ4n) is 3.18. The molecular formula is C18H19ClN5O5P. The first-order chi connectivity index (χ1) is 14.3. The molecule has 10 nitrogen and oxygen atoms in total. The third kappa shape index (κ3) is 4.14. The molecule has 2 aliphatic rings. The van der Waals surface area contributed by atoms with Crippen molar-refractivity contribution in [1.29, 1.82) is 0 Å². The number of cyclic esters (lactones) is 2. The maximum Gasteiger partial charge on any atom is 0.426 e. The fourth-order valence-corrected chi connectivity index (χ4v) is 4.46. The van der Waals surface area contributed by atoms with Crippen LogP contribution in [0.5, 0.6) is 0 Å². The van der Waals surface area contributed by atoms with Crippen LogP contribution in [0.3, 0.4) is 0 Å². The second-order valence-electron chi connectivity index (χ2n) is 6.72. The quantitative estimate of drug-likeness (QED) is 0.507. The normalized spacial score (nSPS) is 23.4. The molecule has 2 amide bonds. The number of halogens is 1. The van der Waals surface area contributed by atoms with Crippen LogP contribution >= 0.6 is 19.4 Å². The Morgan fingerprint density at radius 3 is 2.00 bits per heavy atom. The molecule has 2 aromatic carbocycles. The molecule has 3 N–H and O–H groups in total. The molecule has 2 saturated heterocycles. The topological polar surface area (TPSA) is 117 Å². The Bertz CT molecular complexity index is 981. The highest BCUT2D eigenvalue weighted by Crippen LogP contribution is 2.44. The number of carbonyl (C=O) groups excluding carboxylic acids is 2. The van der Waals surface area contributed by atoms with Gasteiger partial charge in [0, 0.05) is 11.8 Å². The van der Waals surface area contributed by atoms with Gasteiger partial charge in [-0.05, 0) is 15.4 Å². The number of amides is 2. The molecule has 2 aliphatic heterocycles. The van der Waals surface area contributed by atoms with Gasteiger partial charge in [0.2, 0.25) is 0 Å². The molecule has 2 aromatic rings. The van der Waals surface area contributed by atoms with Gasteiger partial charge in [-0.3, -0.25) is 10.1 Å². The molecule has 30 heavy (non-hydrogen) atoms. The number of ether oxygens (including phenoxy) is 2. The summed E-state index contributed by atoms with van der Waals surface area (Å²) in [4.78, 5) is 24.4. The van der Waals surface area contributed by atoms with Crippen LogP contribution in [0.25, 0.3) is 0 Å². The van der Waals surface area contributed by atoms with E-state index in [1.807, 2.05) is 36.4 Å². The van der Waals surface area contributed by atoms with E-state index in [2.05, 4.69) is 5.20 Å². The molecule has 0 spiro atoms. The Balaban J connectivity index is 1.42. The minimum atomic E-state index is -4.09. The Morgan fingerprint density at radius 1 is 0.933 bits per heavy atom. The van der Waals surface area contributed by atoms with Crippen LogP contribution in [-0.2, 0) is 14.0 Å². The molecule has 0 aromatic heterocycles. The standard InChI is InChI=1S/C18H19ClN5O5P/c19-24(23-12-16(29-18(23)26)14-9-5-2-6-10-14)30(20,27)21-22-11-15(28-17(22)25)13-7-3-1-4-8-13/h1-10,15-16H,11-12H2,(H3,20,21,27). The van der Waals surface area contributed by atoms with Gasteiger partial charge in [-0.15, -0.1) is 5.20 Å². The number of hydrogen-bond donors (Lipinski definition) is 2. The molecule has 2 fully saturated rings. The van der Waals surface area contributed by atoms with E-state index in [0.717, 1.165) is 21.1 Å². The first kappa shape index (κ1) is 20.6. The van der Waals surface area contributed by atoms with Gasteiger partial charge in [0.25, 0.3) is 0 Å². The smallest absolute Gasteiger partial charge is 0.426 e. The molecule has 158 valence electrons. The Labute approximate surface area is 177 Å². The number of rotatable bonds is 6. The third-order valence-corrected chi connectivity index (χ3v) is 6.75. The van der Waals surface area contributed by atoms with E-state index in [0.29, 0.717) is 4.30 Å². The summed E-state index contributed by atoms with van der Waals surface area (Å²) in [5, 5.41) is 4.29. The molecular weight excluding hydrogens is 433 g/mol.